The van der Waals surface area contributed by atoms with Crippen LogP contribution in [0.15, 0.2) is 12.3 Å². The number of methoxy groups -OCH3 is 1. The van der Waals surface area contributed by atoms with E-state index in [-0.39, 0.29) is 12.2 Å². The summed E-state index contributed by atoms with van der Waals surface area (Å²) in [5.74, 6) is 0.225. The van der Waals surface area contributed by atoms with Gasteiger partial charge in [-0.3, -0.25) is 0 Å². The van der Waals surface area contributed by atoms with Crippen molar-refractivity contribution in [2.75, 3.05) is 12.9 Å². The Labute approximate surface area is 97.6 Å². The Balaban J connectivity index is 2.84. The first-order chi connectivity index (χ1) is 6.92. The molecule has 1 aromatic rings. The van der Waals surface area contributed by atoms with Crippen LogP contribution in [0.25, 0.3) is 0 Å². The summed E-state index contributed by atoms with van der Waals surface area (Å²) in [7, 11) is 3.06. The molecule has 0 aliphatic carbocycles. The van der Waals surface area contributed by atoms with Gasteiger partial charge in [0.2, 0.25) is 14.9 Å². The van der Waals surface area contributed by atoms with Gasteiger partial charge in [0, 0.05) is 22.9 Å². The first-order valence-corrected chi connectivity index (χ1v) is 6.89. The monoisotopic (exact) mass is 269 g/mol. The number of rotatable bonds is 4. The standard InChI is InChI=1S/C8H9Cl2NO3S/c1-14-8-4-6(7(9)5-11-8)2-3-15(10,12)13/h4-5H,2-3H2,1H3. The summed E-state index contributed by atoms with van der Waals surface area (Å²) in [6, 6.07) is 1.59. The Kier molecular flexibility index (Phi) is 4.19. The molecule has 0 atom stereocenters. The second-order valence-corrected chi connectivity index (χ2v) is 6.11. The average Bonchev–Trinajstić information content (AvgIpc) is 2.15. The molecule has 1 aromatic heterocycles. The second-order valence-electron chi connectivity index (χ2n) is 2.81. The fourth-order valence-corrected chi connectivity index (χ4v) is 1.89. The molecule has 0 radical (unpaired) electrons. The molecule has 0 N–H and O–H groups in total. The highest BCUT2D eigenvalue weighted by Gasteiger charge is 2.09. The third-order valence-corrected chi connectivity index (χ3v) is 3.23. The van der Waals surface area contributed by atoms with Crippen molar-refractivity contribution in [1.82, 2.24) is 4.98 Å². The summed E-state index contributed by atoms with van der Waals surface area (Å²) in [5.41, 5.74) is 0.646. The molecule has 1 rings (SSSR count). The van der Waals surface area contributed by atoms with E-state index in [1.165, 1.54) is 13.3 Å². The number of aromatic nitrogens is 1. The molecule has 7 heteroatoms. The molecule has 4 nitrogen and oxygen atoms in total. The fraction of sp³-hybridized carbons (Fsp3) is 0.375. The number of hydrogen-bond donors (Lipinski definition) is 0. The number of hydrogen-bond acceptors (Lipinski definition) is 4. The SMILES string of the molecule is COc1cc(CCS(=O)(=O)Cl)c(Cl)cn1. The Bertz CT molecular complexity index is 447. The van der Waals surface area contributed by atoms with E-state index >= 15 is 0 Å². The van der Waals surface area contributed by atoms with E-state index in [4.69, 9.17) is 27.0 Å². The van der Waals surface area contributed by atoms with Crippen molar-refractivity contribution < 1.29 is 13.2 Å². The summed E-state index contributed by atoms with van der Waals surface area (Å²) >= 11 is 5.83. The summed E-state index contributed by atoms with van der Waals surface area (Å²) in [6.07, 6.45) is 1.65. The minimum Gasteiger partial charge on any atom is -0.481 e. The maximum atomic E-state index is 10.7. The van der Waals surface area contributed by atoms with Crippen LogP contribution in [-0.4, -0.2) is 26.3 Å². The highest BCUT2D eigenvalue weighted by atomic mass is 35.7. The Morgan fingerprint density at radius 3 is 2.73 bits per heavy atom. The Hall–Kier alpha value is -0.520. The number of aryl methyl sites for hydroxylation is 1. The second kappa shape index (κ2) is 5.01. The highest BCUT2D eigenvalue weighted by Crippen LogP contribution is 2.20. The van der Waals surface area contributed by atoms with E-state index in [1.807, 2.05) is 0 Å². The van der Waals surface area contributed by atoms with Gasteiger partial charge >= 0.3 is 0 Å². The summed E-state index contributed by atoms with van der Waals surface area (Å²) in [6.45, 7) is 0. The third kappa shape index (κ3) is 4.24. The van der Waals surface area contributed by atoms with Gasteiger partial charge in [0.1, 0.15) is 0 Å². The van der Waals surface area contributed by atoms with Gasteiger partial charge in [0.15, 0.2) is 0 Å². The molecule has 0 fully saturated rings. The molecule has 0 aliphatic heterocycles. The topological polar surface area (TPSA) is 56.3 Å². The van der Waals surface area contributed by atoms with Crippen molar-refractivity contribution in [3.8, 4) is 5.88 Å². The first-order valence-electron chi connectivity index (χ1n) is 4.03. The van der Waals surface area contributed by atoms with Crippen molar-refractivity contribution in [2.45, 2.75) is 6.42 Å². The number of nitrogens with zero attached hydrogens (tertiary/aromatic N) is 1. The third-order valence-electron chi connectivity index (χ3n) is 1.73. The molecule has 0 aliphatic rings. The quantitative estimate of drug-likeness (QED) is 0.783. The van der Waals surface area contributed by atoms with E-state index in [1.54, 1.807) is 6.07 Å². The van der Waals surface area contributed by atoms with Crippen LogP contribution in [0.3, 0.4) is 0 Å². The van der Waals surface area contributed by atoms with Gasteiger partial charge < -0.3 is 4.74 Å². The lowest BCUT2D eigenvalue weighted by molar-refractivity contribution is 0.397. The molecule has 0 aromatic carbocycles. The molecule has 0 unspecified atom stereocenters. The Morgan fingerprint density at radius 1 is 1.53 bits per heavy atom. The van der Waals surface area contributed by atoms with Crippen molar-refractivity contribution in [1.29, 1.82) is 0 Å². The van der Waals surface area contributed by atoms with Crippen molar-refractivity contribution in [3.05, 3.63) is 22.8 Å². The smallest absolute Gasteiger partial charge is 0.232 e. The largest absolute Gasteiger partial charge is 0.481 e. The van der Waals surface area contributed by atoms with Crippen LogP contribution in [0.1, 0.15) is 5.56 Å². The number of ether oxygens (including phenoxy) is 1. The van der Waals surface area contributed by atoms with E-state index < -0.39 is 9.05 Å². The van der Waals surface area contributed by atoms with Crippen molar-refractivity contribution >= 4 is 31.3 Å². The van der Waals surface area contributed by atoms with E-state index in [0.29, 0.717) is 16.5 Å². The zero-order valence-electron chi connectivity index (χ0n) is 7.91. The van der Waals surface area contributed by atoms with Crippen LogP contribution in [0, 0.1) is 0 Å². The number of halogens is 2. The lowest BCUT2D eigenvalue weighted by Crippen LogP contribution is -2.02. The summed E-state index contributed by atoms with van der Waals surface area (Å²) in [5, 5.41) is 0.399. The molecule has 15 heavy (non-hydrogen) atoms. The predicted molar refractivity (Wildman–Crippen MR) is 59.1 cm³/mol. The summed E-state index contributed by atoms with van der Waals surface area (Å²) < 4.78 is 26.4. The van der Waals surface area contributed by atoms with Gasteiger partial charge in [-0.2, -0.15) is 0 Å². The van der Waals surface area contributed by atoms with Gasteiger partial charge in [-0.15, -0.1) is 0 Å². The normalized spacial score (nSPS) is 11.4. The highest BCUT2D eigenvalue weighted by molar-refractivity contribution is 8.13. The maximum Gasteiger partial charge on any atom is 0.232 e. The molecule has 0 spiro atoms. The van der Waals surface area contributed by atoms with Gasteiger partial charge in [-0.25, -0.2) is 13.4 Å². The van der Waals surface area contributed by atoms with E-state index in [0.717, 1.165) is 0 Å². The van der Waals surface area contributed by atoms with Crippen LogP contribution in [-0.2, 0) is 15.5 Å². The molecule has 84 valence electrons. The van der Waals surface area contributed by atoms with E-state index in [2.05, 4.69) is 4.98 Å². The van der Waals surface area contributed by atoms with Crippen molar-refractivity contribution in [3.63, 3.8) is 0 Å². The van der Waals surface area contributed by atoms with Gasteiger partial charge in [-0.05, 0) is 12.0 Å². The minimum absolute atomic E-state index is 0.165. The zero-order valence-corrected chi connectivity index (χ0v) is 10.2. The zero-order chi connectivity index (χ0) is 11.5. The Morgan fingerprint density at radius 2 is 2.20 bits per heavy atom. The lowest BCUT2D eigenvalue weighted by Gasteiger charge is -2.04. The van der Waals surface area contributed by atoms with E-state index in [9.17, 15) is 8.42 Å². The van der Waals surface area contributed by atoms with Gasteiger partial charge in [0.25, 0.3) is 0 Å². The summed E-state index contributed by atoms with van der Waals surface area (Å²) in [4.78, 5) is 3.87. The van der Waals surface area contributed by atoms with Crippen LogP contribution < -0.4 is 4.74 Å². The first kappa shape index (κ1) is 12.5. The van der Waals surface area contributed by atoms with Gasteiger partial charge in [0.05, 0.1) is 17.9 Å². The van der Waals surface area contributed by atoms with Gasteiger partial charge in [-0.1, -0.05) is 11.6 Å². The molecule has 0 saturated heterocycles. The van der Waals surface area contributed by atoms with Crippen LogP contribution in [0.4, 0.5) is 0 Å². The van der Waals surface area contributed by atoms with Crippen LogP contribution in [0.2, 0.25) is 5.02 Å². The maximum absolute atomic E-state index is 10.7. The average molecular weight is 270 g/mol. The molecule has 0 bridgehead atoms. The number of pyridine rings is 1. The molecular weight excluding hydrogens is 261 g/mol. The van der Waals surface area contributed by atoms with Crippen molar-refractivity contribution in [2.24, 2.45) is 0 Å². The molecular formula is C8H9Cl2NO3S. The fourth-order valence-electron chi connectivity index (χ4n) is 0.994. The predicted octanol–water partition coefficient (Wildman–Crippen LogP) is 1.85. The molecule has 0 saturated carbocycles. The molecule has 0 amide bonds. The van der Waals surface area contributed by atoms with Crippen LogP contribution >= 0.6 is 22.3 Å². The lowest BCUT2D eigenvalue weighted by atomic mass is 10.2. The van der Waals surface area contributed by atoms with Crippen LogP contribution in [0.5, 0.6) is 5.88 Å². The minimum atomic E-state index is -3.51. The molecule has 1 heterocycles.